The van der Waals surface area contributed by atoms with Crippen LogP contribution in [0.5, 0.6) is 11.5 Å². The Hall–Kier alpha value is -1.86. The van der Waals surface area contributed by atoms with Crippen LogP contribution in [0.4, 0.5) is 5.69 Å². The second-order valence-electron chi connectivity index (χ2n) is 4.09. The standard InChI is InChI=1S/C14H9Br2NO4/c15-8-3-7(13(19)11(16)4-8)6-17-9-1-2-12(18)10(5-9)14(20)21/h1-6,18-19H,(H,20,21). The summed E-state index contributed by atoms with van der Waals surface area (Å²) in [4.78, 5) is 15.0. The summed E-state index contributed by atoms with van der Waals surface area (Å²) in [5.41, 5.74) is 0.575. The van der Waals surface area contributed by atoms with Gasteiger partial charge in [-0.2, -0.15) is 0 Å². The Labute approximate surface area is 136 Å². The van der Waals surface area contributed by atoms with Crippen LogP contribution >= 0.6 is 31.9 Å². The van der Waals surface area contributed by atoms with Crippen LogP contribution in [0.2, 0.25) is 0 Å². The Kier molecular flexibility index (Phi) is 4.64. The zero-order valence-electron chi connectivity index (χ0n) is 10.4. The monoisotopic (exact) mass is 413 g/mol. The number of nitrogens with zero attached hydrogens (tertiary/aromatic N) is 1. The van der Waals surface area contributed by atoms with Crippen molar-refractivity contribution >= 4 is 49.7 Å². The fraction of sp³-hybridized carbons (Fsp3) is 0. The molecule has 0 heterocycles. The first-order chi connectivity index (χ1) is 9.88. The lowest BCUT2D eigenvalue weighted by atomic mass is 10.2. The molecule has 0 unspecified atom stereocenters. The van der Waals surface area contributed by atoms with Crippen molar-refractivity contribution in [3.63, 3.8) is 0 Å². The molecule has 0 bridgehead atoms. The lowest BCUT2D eigenvalue weighted by molar-refractivity contribution is 0.0694. The maximum atomic E-state index is 10.9. The van der Waals surface area contributed by atoms with Gasteiger partial charge in [0.05, 0.1) is 10.2 Å². The molecule has 3 N–H and O–H groups in total. The average Bonchev–Trinajstić information content (AvgIpc) is 2.42. The maximum absolute atomic E-state index is 10.9. The minimum atomic E-state index is -1.24. The summed E-state index contributed by atoms with van der Waals surface area (Å²) in [6.45, 7) is 0. The van der Waals surface area contributed by atoms with Crippen LogP contribution in [0.3, 0.4) is 0 Å². The topological polar surface area (TPSA) is 90.1 Å². The third-order valence-corrected chi connectivity index (χ3v) is 3.68. The van der Waals surface area contributed by atoms with Crippen LogP contribution in [0, 0.1) is 0 Å². The first-order valence-electron chi connectivity index (χ1n) is 5.67. The first-order valence-corrected chi connectivity index (χ1v) is 7.25. The number of rotatable bonds is 3. The second-order valence-corrected chi connectivity index (χ2v) is 5.86. The Balaban J connectivity index is 2.38. The smallest absolute Gasteiger partial charge is 0.339 e. The van der Waals surface area contributed by atoms with E-state index in [9.17, 15) is 15.0 Å². The summed E-state index contributed by atoms with van der Waals surface area (Å²) in [6.07, 6.45) is 1.41. The van der Waals surface area contributed by atoms with Gasteiger partial charge >= 0.3 is 5.97 Å². The molecule has 0 fully saturated rings. The van der Waals surface area contributed by atoms with E-state index in [0.29, 0.717) is 15.7 Å². The Morgan fingerprint density at radius 1 is 1.14 bits per heavy atom. The quantitative estimate of drug-likeness (QED) is 0.660. The molecule has 0 saturated carbocycles. The minimum Gasteiger partial charge on any atom is -0.507 e. The number of benzene rings is 2. The molecule has 0 aliphatic carbocycles. The molecular formula is C14H9Br2NO4. The van der Waals surface area contributed by atoms with Gasteiger partial charge in [0.2, 0.25) is 0 Å². The number of carboxylic acids is 1. The van der Waals surface area contributed by atoms with Crippen LogP contribution < -0.4 is 0 Å². The number of phenols is 2. The number of aromatic hydroxyl groups is 2. The van der Waals surface area contributed by atoms with Gasteiger partial charge in [-0.15, -0.1) is 0 Å². The number of hydrogen-bond donors (Lipinski definition) is 3. The lowest BCUT2D eigenvalue weighted by Gasteiger charge is -2.03. The molecule has 7 heteroatoms. The second kappa shape index (κ2) is 6.28. The van der Waals surface area contributed by atoms with Gasteiger partial charge in [-0.3, -0.25) is 4.99 Å². The molecule has 0 radical (unpaired) electrons. The number of carbonyl (C=O) groups is 1. The van der Waals surface area contributed by atoms with Crippen LogP contribution in [-0.4, -0.2) is 27.5 Å². The van der Waals surface area contributed by atoms with Crippen LogP contribution in [-0.2, 0) is 0 Å². The molecule has 2 aromatic carbocycles. The average molecular weight is 415 g/mol. The number of aromatic carboxylic acids is 1. The van der Waals surface area contributed by atoms with Crippen molar-refractivity contribution in [3.05, 3.63) is 50.4 Å². The van der Waals surface area contributed by atoms with Gasteiger partial charge in [0.25, 0.3) is 0 Å². The minimum absolute atomic E-state index is 0.0270. The highest BCUT2D eigenvalue weighted by atomic mass is 79.9. The summed E-state index contributed by atoms with van der Waals surface area (Å²) in [5, 5.41) is 28.2. The summed E-state index contributed by atoms with van der Waals surface area (Å²) in [5.74, 6) is -1.54. The van der Waals surface area contributed by atoms with Crippen molar-refractivity contribution in [2.75, 3.05) is 0 Å². The molecule has 0 saturated heterocycles. The first kappa shape index (κ1) is 15.5. The van der Waals surface area contributed by atoms with E-state index < -0.39 is 5.97 Å². The molecule has 0 aliphatic heterocycles. The van der Waals surface area contributed by atoms with E-state index in [1.807, 2.05) is 0 Å². The zero-order chi connectivity index (χ0) is 15.6. The lowest BCUT2D eigenvalue weighted by Crippen LogP contribution is -1.95. The molecule has 2 aromatic rings. The molecule has 108 valence electrons. The van der Waals surface area contributed by atoms with Crippen molar-refractivity contribution in [2.24, 2.45) is 4.99 Å². The number of halogens is 2. The van der Waals surface area contributed by atoms with E-state index in [1.54, 1.807) is 12.1 Å². The van der Waals surface area contributed by atoms with E-state index in [4.69, 9.17) is 5.11 Å². The van der Waals surface area contributed by atoms with Crippen LogP contribution in [0.15, 0.2) is 44.3 Å². The van der Waals surface area contributed by atoms with Crippen molar-refractivity contribution in [1.82, 2.24) is 0 Å². The van der Waals surface area contributed by atoms with Crippen molar-refractivity contribution in [2.45, 2.75) is 0 Å². The van der Waals surface area contributed by atoms with E-state index in [2.05, 4.69) is 36.9 Å². The third kappa shape index (κ3) is 3.62. The van der Waals surface area contributed by atoms with Crippen molar-refractivity contribution in [3.8, 4) is 11.5 Å². The Morgan fingerprint density at radius 3 is 2.52 bits per heavy atom. The summed E-state index contributed by atoms with van der Waals surface area (Å²) >= 11 is 6.51. The summed E-state index contributed by atoms with van der Waals surface area (Å²) < 4.78 is 1.26. The normalized spacial score (nSPS) is 11.0. The molecule has 21 heavy (non-hydrogen) atoms. The van der Waals surface area contributed by atoms with Gasteiger partial charge in [-0.25, -0.2) is 4.79 Å². The Morgan fingerprint density at radius 2 is 1.86 bits per heavy atom. The largest absolute Gasteiger partial charge is 0.507 e. The summed E-state index contributed by atoms with van der Waals surface area (Å²) in [6, 6.07) is 7.34. The molecule has 0 spiro atoms. The van der Waals surface area contributed by atoms with Crippen molar-refractivity contribution in [1.29, 1.82) is 0 Å². The molecule has 0 amide bonds. The van der Waals surface area contributed by atoms with E-state index in [0.717, 1.165) is 4.47 Å². The predicted molar refractivity (Wildman–Crippen MR) is 85.8 cm³/mol. The number of aliphatic imine (C=N–C) groups is 1. The summed E-state index contributed by atoms with van der Waals surface area (Å²) in [7, 11) is 0. The highest BCUT2D eigenvalue weighted by molar-refractivity contribution is 9.11. The van der Waals surface area contributed by atoms with Crippen LogP contribution in [0.25, 0.3) is 0 Å². The van der Waals surface area contributed by atoms with Gasteiger partial charge in [0, 0.05) is 16.3 Å². The van der Waals surface area contributed by atoms with Gasteiger partial charge in [-0.05, 0) is 46.3 Å². The van der Waals surface area contributed by atoms with Gasteiger partial charge in [0.15, 0.2) is 0 Å². The van der Waals surface area contributed by atoms with Crippen molar-refractivity contribution < 1.29 is 20.1 Å². The van der Waals surface area contributed by atoms with E-state index >= 15 is 0 Å². The fourth-order valence-corrected chi connectivity index (χ4v) is 2.86. The highest BCUT2D eigenvalue weighted by Gasteiger charge is 2.10. The van der Waals surface area contributed by atoms with Crippen LogP contribution in [0.1, 0.15) is 15.9 Å². The molecule has 2 rings (SSSR count). The van der Waals surface area contributed by atoms with E-state index in [-0.39, 0.29) is 17.1 Å². The molecule has 5 nitrogen and oxygen atoms in total. The number of hydrogen-bond acceptors (Lipinski definition) is 4. The molecule has 0 atom stereocenters. The third-order valence-electron chi connectivity index (χ3n) is 2.62. The Bertz CT molecular complexity index is 744. The van der Waals surface area contributed by atoms with E-state index in [1.165, 1.54) is 24.4 Å². The molecule has 0 aliphatic rings. The zero-order valence-corrected chi connectivity index (χ0v) is 13.6. The van der Waals surface area contributed by atoms with Gasteiger partial charge in [0.1, 0.15) is 17.1 Å². The molecule has 0 aromatic heterocycles. The highest BCUT2D eigenvalue weighted by Crippen LogP contribution is 2.31. The maximum Gasteiger partial charge on any atom is 0.339 e. The predicted octanol–water partition coefficient (Wildman–Crippen LogP) is 4.07. The fourth-order valence-electron chi connectivity index (χ4n) is 1.60. The number of phenolic OH excluding ortho intramolecular Hbond substituents is 1. The SMILES string of the molecule is O=C(O)c1cc(N=Cc2cc(Br)cc(Br)c2O)ccc1O. The molecular weight excluding hydrogens is 406 g/mol. The van der Waals surface area contributed by atoms with Gasteiger partial charge in [-0.1, -0.05) is 15.9 Å². The number of carboxylic acid groups (broad SMARTS) is 1. The van der Waals surface area contributed by atoms with Gasteiger partial charge < -0.3 is 15.3 Å².